The SMILES string of the molecule is CCOc1cc(/C=C2/SC(=O)N(CC(=O)O[C@H](C)CC)C2=O)ccc1Oc1nc(Cl)ncc1F. The summed E-state index contributed by atoms with van der Waals surface area (Å²) in [6.45, 7) is 5.15. The molecule has 1 aliphatic rings. The number of nitrogens with zero attached hydrogens (tertiary/aromatic N) is 3. The van der Waals surface area contributed by atoms with Crippen molar-refractivity contribution in [2.24, 2.45) is 0 Å². The van der Waals surface area contributed by atoms with Gasteiger partial charge in [-0.05, 0) is 67.4 Å². The summed E-state index contributed by atoms with van der Waals surface area (Å²) in [4.78, 5) is 45.2. The molecule has 0 radical (unpaired) electrons. The van der Waals surface area contributed by atoms with Crippen LogP contribution in [-0.2, 0) is 14.3 Å². The fourth-order valence-corrected chi connectivity index (χ4v) is 3.70. The predicted octanol–water partition coefficient (Wildman–Crippen LogP) is 4.84. The Balaban J connectivity index is 1.80. The van der Waals surface area contributed by atoms with E-state index < -0.39 is 29.5 Å². The highest BCUT2D eigenvalue weighted by atomic mass is 35.5. The largest absolute Gasteiger partial charge is 0.490 e. The number of hydrogen-bond acceptors (Lipinski definition) is 9. The number of amides is 2. The lowest BCUT2D eigenvalue weighted by molar-refractivity contribution is -0.150. The highest BCUT2D eigenvalue weighted by Gasteiger charge is 2.37. The van der Waals surface area contributed by atoms with Gasteiger partial charge in [-0.3, -0.25) is 19.3 Å². The van der Waals surface area contributed by atoms with Gasteiger partial charge in [-0.1, -0.05) is 13.0 Å². The molecule has 0 aliphatic carbocycles. The van der Waals surface area contributed by atoms with Crippen molar-refractivity contribution in [1.82, 2.24) is 14.9 Å². The number of aromatic nitrogens is 2. The molecular formula is C22H21ClFN3O6S. The van der Waals surface area contributed by atoms with Crippen LogP contribution in [0.4, 0.5) is 9.18 Å². The number of rotatable bonds is 9. The summed E-state index contributed by atoms with van der Waals surface area (Å²) < 4.78 is 30.2. The van der Waals surface area contributed by atoms with Crippen molar-refractivity contribution >= 4 is 46.6 Å². The number of halogens is 2. The second-order valence-electron chi connectivity index (χ2n) is 7.01. The Hall–Kier alpha value is -3.18. The number of carbonyl (C=O) groups excluding carboxylic acids is 3. The highest BCUT2D eigenvalue weighted by Crippen LogP contribution is 2.36. The second-order valence-corrected chi connectivity index (χ2v) is 8.34. The predicted molar refractivity (Wildman–Crippen MR) is 123 cm³/mol. The lowest BCUT2D eigenvalue weighted by Crippen LogP contribution is -2.35. The summed E-state index contributed by atoms with van der Waals surface area (Å²) in [7, 11) is 0. The van der Waals surface area contributed by atoms with Crippen LogP contribution in [0.1, 0.15) is 32.8 Å². The van der Waals surface area contributed by atoms with Gasteiger partial charge >= 0.3 is 5.97 Å². The molecule has 2 heterocycles. The van der Waals surface area contributed by atoms with Gasteiger partial charge in [0.2, 0.25) is 11.1 Å². The Morgan fingerprint density at radius 1 is 1.29 bits per heavy atom. The summed E-state index contributed by atoms with van der Waals surface area (Å²) in [5.74, 6) is -2.03. The second kappa shape index (κ2) is 11.3. The molecule has 1 aliphatic heterocycles. The average Bonchev–Trinajstić information content (AvgIpc) is 3.05. The maximum Gasteiger partial charge on any atom is 0.326 e. The Morgan fingerprint density at radius 2 is 2.06 bits per heavy atom. The van der Waals surface area contributed by atoms with Crippen LogP contribution < -0.4 is 9.47 Å². The van der Waals surface area contributed by atoms with Crippen LogP contribution in [0, 0.1) is 5.82 Å². The average molecular weight is 510 g/mol. The van der Waals surface area contributed by atoms with Crippen molar-refractivity contribution < 1.29 is 33.0 Å². The van der Waals surface area contributed by atoms with Crippen molar-refractivity contribution in [2.45, 2.75) is 33.3 Å². The molecule has 9 nitrogen and oxygen atoms in total. The quantitative estimate of drug-likeness (QED) is 0.266. The maximum atomic E-state index is 14.0. The molecule has 1 aromatic heterocycles. The molecule has 3 rings (SSSR count). The van der Waals surface area contributed by atoms with E-state index in [4.69, 9.17) is 25.8 Å². The molecule has 1 fully saturated rings. The standard InChI is InChI=1S/C22H21ClFN3O6S/c1-4-12(3)32-18(28)11-27-20(29)17(34-22(27)30)9-13-6-7-15(16(8-13)31-5-2)33-19-14(24)10-25-21(23)26-19/h6-10,12H,4-5,11H2,1-3H3/b17-9+/t12-/m1/s1. The number of benzene rings is 1. The molecule has 0 spiro atoms. The molecule has 2 aromatic rings. The molecule has 1 atom stereocenters. The van der Waals surface area contributed by atoms with Crippen molar-refractivity contribution in [1.29, 1.82) is 0 Å². The van der Waals surface area contributed by atoms with Crippen molar-refractivity contribution in [3.63, 3.8) is 0 Å². The van der Waals surface area contributed by atoms with E-state index in [1.54, 1.807) is 26.0 Å². The van der Waals surface area contributed by atoms with E-state index in [1.165, 1.54) is 12.1 Å². The summed E-state index contributed by atoms with van der Waals surface area (Å²) in [5.41, 5.74) is 0.518. The van der Waals surface area contributed by atoms with Gasteiger partial charge in [-0.15, -0.1) is 0 Å². The molecule has 34 heavy (non-hydrogen) atoms. The van der Waals surface area contributed by atoms with Crippen molar-refractivity contribution in [2.75, 3.05) is 13.2 Å². The summed E-state index contributed by atoms with van der Waals surface area (Å²) in [6, 6.07) is 4.65. The molecule has 2 amide bonds. The highest BCUT2D eigenvalue weighted by molar-refractivity contribution is 8.18. The maximum absolute atomic E-state index is 14.0. The van der Waals surface area contributed by atoms with Gasteiger partial charge in [-0.2, -0.15) is 9.37 Å². The van der Waals surface area contributed by atoms with Crippen LogP contribution in [0.2, 0.25) is 5.28 Å². The summed E-state index contributed by atoms with van der Waals surface area (Å²) >= 11 is 6.41. The molecule has 0 bridgehead atoms. The first kappa shape index (κ1) is 25.4. The van der Waals surface area contributed by atoms with E-state index in [-0.39, 0.29) is 40.3 Å². The molecule has 0 saturated carbocycles. The van der Waals surface area contributed by atoms with Gasteiger partial charge in [0, 0.05) is 0 Å². The van der Waals surface area contributed by atoms with E-state index in [2.05, 4.69) is 9.97 Å². The minimum Gasteiger partial charge on any atom is -0.490 e. The fourth-order valence-electron chi connectivity index (χ4n) is 2.74. The van der Waals surface area contributed by atoms with Gasteiger partial charge in [0.25, 0.3) is 17.0 Å². The van der Waals surface area contributed by atoms with E-state index in [1.807, 2.05) is 6.92 Å². The topological polar surface area (TPSA) is 108 Å². The molecule has 180 valence electrons. The monoisotopic (exact) mass is 509 g/mol. The third-order valence-electron chi connectivity index (χ3n) is 4.52. The Bertz CT molecular complexity index is 1150. The number of esters is 1. The smallest absolute Gasteiger partial charge is 0.326 e. The third-order valence-corrected chi connectivity index (χ3v) is 5.61. The first-order chi connectivity index (χ1) is 16.2. The number of ether oxygens (including phenoxy) is 3. The van der Waals surface area contributed by atoms with Gasteiger partial charge < -0.3 is 14.2 Å². The van der Waals surface area contributed by atoms with Gasteiger partial charge in [-0.25, -0.2) is 4.98 Å². The van der Waals surface area contributed by atoms with Crippen LogP contribution in [0.15, 0.2) is 29.3 Å². The van der Waals surface area contributed by atoms with Crippen LogP contribution >= 0.6 is 23.4 Å². The zero-order valence-corrected chi connectivity index (χ0v) is 20.1. The minimum atomic E-state index is -0.809. The molecular weight excluding hydrogens is 489 g/mol. The van der Waals surface area contributed by atoms with E-state index in [0.717, 1.165) is 11.1 Å². The summed E-state index contributed by atoms with van der Waals surface area (Å²) in [5, 5.41) is -0.756. The number of carbonyl (C=O) groups is 3. The minimum absolute atomic E-state index is 0.131. The zero-order valence-electron chi connectivity index (χ0n) is 18.5. The van der Waals surface area contributed by atoms with E-state index >= 15 is 0 Å². The Morgan fingerprint density at radius 3 is 2.76 bits per heavy atom. The van der Waals surface area contributed by atoms with Gasteiger partial charge in [0.05, 0.1) is 23.8 Å². The van der Waals surface area contributed by atoms with Gasteiger partial charge in [0.15, 0.2) is 11.5 Å². The first-order valence-electron chi connectivity index (χ1n) is 10.3. The van der Waals surface area contributed by atoms with Crippen molar-refractivity contribution in [3.05, 3.63) is 46.0 Å². The molecule has 12 heteroatoms. The van der Waals surface area contributed by atoms with Crippen LogP contribution in [0.5, 0.6) is 17.4 Å². The lowest BCUT2D eigenvalue weighted by Gasteiger charge is -2.15. The van der Waals surface area contributed by atoms with Crippen LogP contribution in [0.3, 0.4) is 0 Å². The lowest BCUT2D eigenvalue weighted by atomic mass is 10.2. The fraction of sp³-hybridized carbons (Fsp3) is 0.318. The molecule has 0 unspecified atom stereocenters. The Kier molecular flexibility index (Phi) is 8.46. The number of imide groups is 1. The normalized spacial score (nSPS) is 15.6. The van der Waals surface area contributed by atoms with E-state index in [0.29, 0.717) is 23.7 Å². The number of thioether (sulfide) groups is 1. The third kappa shape index (κ3) is 6.23. The van der Waals surface area contributed by atoms with Gasteiger partial charge in [0.1, 0.15) is 6.54 Å². The first-order valence-corrected chi connectivity index (χ1v) is 11.5. The molecule has 1 aromatic carbocycles. The van der Waals surface area contributed by atoms with Crippen LogP contribution in [0.25, 0.3) is 6.08 Å². The molecule has 1 saturated heterocycles. The van der Waals surface area contributed by atoms with Crippen molar-refractivity contribution in [3.8, 4) is 17.4 Å². The number of hydrogen-bond donors (Lipinski definition) is 0. The molecule has 0 N–H and O–H groups in total. The van der Waals surface area contributed by atoms with Crippen LogP contribution in [-0.4, -0.2) is 51.2 Å². The van der Waals surface area contributed by atoms with E-state index in [9.17, 15) is 18.8 Å². The summed E-state index contributed by atoms with van der Waals surface area (Å²) in [6.07, 6.45) is 2.67. The Labute approximate surface area is 204 Å². The zero-order chi connectivity index (χ0) is 24.8.